The van der Waals surface area contributed by atoms with Crippen LogP contribution >= 0.6 is 11.6 Å². The Balaban J connectivity index is 1.94. The van der Waals surface area contributed by atoms with Crippen LogP contribution in [0.4, 0.5) is 10.1 Å². The van der Waals surface area contributed by atoms with Gasteiger partial charge in [-0.1, -0.05) is 17.7 Å². The van der Waals surface area contributed by atoms with Crippen molar-refractivity contribution >= 4 is 23.2 Å². The zero-order chi connectivity index (χ0) is 18.1. The largest absolute Gasteiger partial charge is 0.454 e. The highest BCUT2D eigenvalue weighted by molar-refractivity contribution is 6.31. The summed E-state index contributed by atoms with van der Waals surface area (Å²) in [7, 11) is 1.40. The van der Waals surface area contributed by atoms with Gasteiger partial charge in [0.2, 0.25) is 6.79 Å². The van der Waals surface area contributed by atoms with E-state index in [1.54, 1.807) is 0 Å². The summed E-state index contributed by atoms with van der Waals surface area (Å²) in [6.07, 6.45) is 0. The van der Waals surface area contributed by atoms with Gasteiger partial charge in [0, 0.05) is 30.2 Å². The van der Waals surface area contributed by atoms with Crippen molar-refractivity contribution in [3.63, 3.8) is 0 Å². The second kappa shape index (κ2) is 6.56. The first-order valence-corrected chi connectivity index (χ1v) is 7.52. The van der Waals surface area contributed by atoms with Crippen LogP contribution in [-0.2, 0) is 6.54 Å². The molecule has 0 saturated heterocycles. The fourth-order valence-corrected chi connectivity index (χ4v) is 2.67. The summed E-state index contributed by atoms with van der Waals surface area (Å²) in [6, 6.07) is 6.57. The average Bonchev–Trinajstić information content (AvgIpc) is 3.03. The summed E-state index contributed by atoms with van der Waals surface area (Å²) in [6.45, 7) is -0.221. The van der Waals surface area contributed by atoms with Crippen LogP contribution in [0.3, 0.4) is 0 Å². The molecule has 0 N–H and O–H groups in total. The highest BCUT2D eigenvalue weighted by atomic mass is 35.5. The molecule has 0 fully saturated rings. The van der Waals surface area contributed by atoms with Gasteiger partial charge in [0.05, 0.1) is 11.0 Å². The van der Waals surface area contributed by atoms with Crippen LogP contribution in [0.25, 0.3) is 0 Å². The molecule has 9 heteroatoms. The fraction of sp³-hybridized carbons (Fsp3) is 0.188. The third-order valence-corrected chi connectivity index (χ3v) is 4.08. The Labute approximate surface area is 146 Å². The summed E-state index contributed by atoms with van der Waals surface area (Å²) < 4.78 is 24.2. The number of amides is 1. The molecular formula is C16H12ClFN2O5. The topological polar surface area (TPSA) is 81.9 Å². The summed E-state index contributed by atoms with van der Waals surface area (Å²) in [4.78, 5) is 24.4. The summed E-state index contributed by atoms with van der Waals surface area (Å²) >= 11 is 5.96. The number of benzene rings is 2. The van der Waals surface area contributed by atoms with E-state index in [9.17, 15) is 19.3 Å². The molecule has 3 rings (SSSR count). The minimum Gasteiger partial charge on any atom is -0.454 e. The van der Waals surface area contributed by atoms with Gasteiger partial charge in [-0.05, 0) is 12.1 Å². The predicted octanol–water partition coefficient (Wildman–Crippen LogP) is 3.39. The van der Waals surface area contributed by atoms with Crippen molar-refractivity contribution in [2.75, 3.05) is 13.8 Å². The van der Waals surface area contributed by atoms with Gasteiger partial charge in [0.15, 0.2) is 11.5 Å². The van der Waals surface area contributed by atoms with Crippen molar-refractivity contribution in [2.24, 2.45) is 0 Å². The van der Waals surface area contributed by atoms with Crippen LogP contribution in [0.1, 0.15) is 15.9 Å². The average molecular weight is 367 g/mol. The van der Waals surface area contributed by atoms with Gasteiger partial charge in [-0.2, -0.15) is 0 Å². The molecule has 0 aromatic heterocycles. The Morgan fingerprint density at radius 3 is 2.68 bits per heavy atom. The van der Waals surface area contributed by atoms with Gasteiger partial charge in [-0.15, -0.1) is 0 Å². The van der Waals surface area contributed by atoms with Gasteiger partial charge in [-0.25, -0.2) is 4.39 Å². The standard InChI is InChI=1S/C16H12ClFN2O5/c1-19(7-10-11(17)3-2-4-12(10)18)16(21)9-5-14-15(25-8-24-14)6-13(9)20(22)23/h2-6H,7-8H2,1H3. The minimum absolute atomic E-state index is 0.0786. The van der Waals surface area contributed by atoms with Crippen LogP contribution in [-0.4, -0.2) is 29.6 Å². The molecule has 0 atom stereocenters. The van der Waals surface area contributed by atoms with Crippen molar-refractivity contribution in [1.29, 1.82) is 0 Å². The smallest absolute Gasteiger partial charge is 0.286 e. The Kier molecular flexibility index (Phi) is 4.45. The number of hydrogen-bond acceptors (Lipinski definition) is 5. The van der Waals surface area contributed by atoms with Gasteiger partial charge in [-0.3, -0.25) is 14.9 Å². The molecule has 2 aromatic carbocycles. The summed E-state index contributed by atoms with van der Waals surface area (Å²) in [5, 5.41) is 11.4. The number of halogens is 2. The second-order valence-electron chi connectivity index (χ2n) is 5.34. The maximum atomic E-state index is 13.9. The van der Waals surface area contributed by atoms with Crippen LogP contribution in [0.15, 0.2) is 30.3 Å². The van der Waals surface area contributed by atoms with E-state index in [0.29, 0.717) is 0 Å². The van der Waals surface area contributed by atoms with Gasteiger partial charge < -0.3 is 14.4 Å². The number of nitro benzene ring substituents is 1. The zero-order valence-corrected chi connectivity index (χ0v) is 13.7. The molecule has 0 bridgehead atoms. The van der Waals surface area contributed by atoms with Crippen LogP contribution in [0.2, 0.25) is 5.02 Å². The minimum atomic E-state index is -0.681. The van der Waals surface area contributed by atoms with Crippen molar-refractivity contribution < 1.29 is 23.6 Å². The van der Waals surface area contributed by atoms with Crippen LogP contribution in [0.5, 0.6) is 11.5 Å². The summed E-state index contributed by atoms with van der Waals surface area (Å²) in [5.74, 6) is -0.786. The molecular weight excluding hydrogens is 355 g/mol. The lowest BCUT2D eigenvalue weighted by Gasteiger charge is -2.18. The second-order valence-corrected chi connectivity index (χ2v) is 5.75. The van der Waals surface area contributed by atoms with Gasteiger partial charge >= 0.3 is 0 Å². The van der Waals surface area contributed by atoms with Crippen LogP contribution < -0.4 is 9.47 Å². The van der Waals surface area contributed by atoms with Crippen LogP contribution in [0, 0.1) is 15.9 Å². The first-order chi connectivity index (χ1) is 11.9. The molecule has 0 aliphatic carbocycles. The predicted molar refractivity (Wildman–Crippen MR) is 86.4 cm³/mol. The lowest BCUT2D eigenvalue weighted by atomic mass is 10.1. The van der Waals surface area contributed by atoms with Gasteiger partial charge in [0.1, 0.15) is 11.4 Å². The molecule has 1 amide bonds. The van der Waals surface area contributed by atoms with Gasteiger partial charge in [0.25, 0.3) is 11.6 Å². The lowest BCUT2D eigenvalue weighted by molar-refractivity contribution is -0.385. The molecule has 2 aromatic rings. The SMILES string of the molecule is CN(Cc1c(F)cccc1Cl)C(=O)c1cc2c(cc1[N+](=O)[O-])OCO2. The highest BCUT2D eigenvalue weighted by Gasteiger charge is 2.29. The molecule has 0 unspecified atom stereocenters. The van der Waals surface area contributed by atoms with E-state index < -0.39 is 22.3 Å². The van der Waals surface area contributed by atoms with Crippen molar-refractivity contribution in [2.45, 2.75) is 6.54 Å². The quantitative estimate of drug-likeness (QED) is 0.612. The number of fused-ring (bicyclic) bond motifs is 1. The number of ether oxygens (including phenoxy) is 2. The third-order valence-electron chi connectivity index (χ3n) is 3.72. The molecule has 0 radical (unpaired) electrons. The fourth-order valence-electron chi connectivity index (χ4n) is 2.45. The third kappa shape index (κ3) is 3.20. The number of hydrogen-bond donors (Lipinski definition) is 0. The number of nitrogens with zero attached hydrogens (tertiary/aromatic N) is 2. The molecule has 0 saturated carbocycles. The Hall–Kier alpha value is -2.87. The lowest BCUT2D eigenvalue weighted by Crippen LogP contribution is -2.27. The van der Waals surface area contributed by atoms with Crippen molar-refractivity contribution in [3.05, 3.63) is 62.4 Å². The molecule has 1 aliphatic rings. The number of rotatable bonds is 4. The zero-order valence-electron chi connectivity index (χ0n) is 13.0. The summed E-state index contributed by atoms with van der Waals surface area (Å²) in [5.41, 5.74) is -0.464. The Morgan fingerprint density at radius 2 is 2.04 bits per heavy atom. The molecule has 1 aliphatic heterocycles. The molecule has 130 valence electrons. The highest BCUT2D eigenvalue weighted by Crippen LogP contribution is 2.38. The molecule has 1 heterocycles. The monoisotopic (exact) mass is 366 g/mol. The molecule has 25 heavy (non-hydrogen) atoms. The number of carbonyl (C=O) groups excluding carboxylic acids is 1. The van der Waals surface area contributed by atoms with Crippen molar-refractivity contribution in [3.8, 4) is 11.5 Å². The first-order valence-electron chi connectivity index (χ1n) is 7.15. The van der Waals surface area contributed by atoms with Crippen molar-refractivity contribution in [1.82, 2.24) is 4.90 Å². The normalized spacial score (nSPS) is 12.1. The van der Waals surface area contributed by atoms with E-state index in [4.69, 9.17) is 21.1 Å². The van der Waals surface area contributed by atoms with E-state index in [-0.39, 0.29) is 41.0 Å². The van der Waals surface area contributed by atoms with E-state index in [1.165, 1.54) is 31.3 Å². The number of nitro groups is 1. The number of carbonyl (C=O) groups is 1. The van der Waals surface area contributed by atoms with E-state index in [0.717, 1.165) is 11.0 Å². The Bertz CT molecular complexity index is 854. The van der Waals surface area contributed by atoms with E-state index >= 15 is 0 Å². The first kappa shape index (κ1) is 17.0. The van der Waals surface area contributed by atoms with E-state index in [1.807, 2.05) is 0 Å². The maximum Gasteiger partial charge on any atom is 0.286 e. The molecule has 7 nitrogen and oxygen atoms in total. The maximum absolute atomic E-state index is 13.9. The Morgan fingerprint density at radius 1 is 1.36 bits per heavy atom. The van der Waals surface area contributed by atoms with E-state index in [2.05, 4.69) is 0 Å². The molecule has 0 spiro atoms.